The van der Waals surface area contributed by atoms with Crippen LogP contribution in [0, 0.1) is 0 Å². The highest BCUT2D eigenvalue weighted by atomic mass is 35.5. The summed E-state index contributed by atoms with van der Waals surface area (Å²) < 4.78 is 0. The number of likely N-dealkylation sites (N-methyl/N-ethyl adjacent to an activating group) is 1. The maximum Gasteiger partial charge on any atom is 0.245 e. The van der Waals surface area contributed by atoms with Crippen molar-refractivity contribution in [3.8, 4) is 0 Å². The lowest BCUT2D eigenvalue weighted by Crippen LogP contribution is -2.41. The van der Waals surface area contributed by atoms with E-state index in [0.717, 1.165) is 5.56 Å². The minimum absolute atomic E-state index is 0.00701. The highest BCUT2D eigenvalue weighted by Crippen LogP contribution is 2.21. The van der Waals surface area contributed by atoms with Crippen LogP contribution in [0.4, 0.5) is 0 Å². The van der Waals surface area contributed by atoms with Crippen molar-refractivity contribution in [2.24, 2.45) is 0 Å². The molecule has 0 aliphatic carbocycles. The Hall–Kier alpha value is -1.55. The van der Waals surface area contributed by atoms with Gasteiger partial charge in [-0.05, 0) is 19.4 Å². The third-order valence-corrected chi connectivity index (χ3v) is 2.95. The van der Waals surface area contributed by atoms with Gasteiger partial charge in [0, 0.05) is 13.1 Å². The molecular weight excluding hydrogens is 264 g/mol. The fraction of sp³-hybridized carbons (Fsp3) is 0.429. The first-order valence-electron chi connectivity index (χ1n) is 6.15. The predicted octanol–water partition coefficient (Wildman–Crippen LogP) is 1.95. The summed E-state index contributed by atoms with van der Waals surface area (Å²) in [5.41, 5.74) is 0.727. The Balaban J connectivity index is 2.60. The number of nitrogens with one attached hydrogen (secondary N) is 1. The Morgan fingerprint density at radius 3 is 2.37 bits per heavy atom. The number of carbonyl (C=O) groups excluding carboxylic acids is 2. The number of hydrogen-bond acceptors (Lipinski definition) is 2. The van der Waals surface area contributed by atoms with Gasteiger partial charge >= 0.3 is 0 Å². The number of alkyl halides is 1. The average molecular weight is 283 g/mol. The van der Waals surface area contributed by atoms with Gasteiger partial charge in [0.2, 0.25) is 11.8 Å². The Morgan fingerprint density at radius 2 is 1.84 bits per heavy atom. The molecule has 1 unspecified atom stereocenters. The van der Waals surface area contributed by atoms with Crippen LogP contribution >= 0.6 is 11.6 Å². The van der Waals surface area contributed by atoms with Gasteiger partial charge in [-0.15, -0.1) is 11.6 Å². The number of benzene rings is 1. The van der Waals surface area contributed by atoms with E-state index in [0.29, 0.717) is 0 Å². The van der Waals surface area contributed by atoms with Gasteiger partial charge in [0.15, 0.2) is 0 Å². The van der Waals surface area contributed by atoms with Crippen molar-refractivity contribution in [1.82, 2.24) is 10.2 Å². The van der Waals surface area contributed by atoms with Crippen molar-refractivity contribution >= 4 is 23.4 Å². The van der Waals surface area contributed by atoms with Crippen molar-refractivity contribution in [2.75, 3.05) is 13.6 Å². The third kappa shape index (κ3) is 4.91. The van der Waals surface area contributed by atoms with Gasteiger partial charge in [-0.2, -0.15) is 0 Å². The van der Waals surface area contributed by atoms with Gasteiger partial charge in [-0.25, -0.2) is 0 Å². The van der Waals surface area contributed by atoms with Crippen LogP contribution in [0.5, 0.6) is 0 Å². The van der Waals surface area contributed by atoms with Gasteiger partial charge in [-0.1, -0.05) is 30.3 Å². The molecule has 0 aromatic heterocycles. The average Bonchev–Trinajstić information content (AvgIpc) is 2.36. The normalized spacial score (nSPS) is 12.1. The number of hydrogen-bond donors (Lipinski definition) is 1. The molecule has 0 aliphatic heterocycles. The zero-order valence-corrected chi connectivity index (χ0v) is 12.1. The molecule has 4 nitrogen and oxygen atoms in total. The van der Waals surface area contributed by atoms with E-state index in [-0.39, 0.29) is 24.4 Å². The summed E-state index contributed by atoms with van der Waals surface area (Å²) >= 11 is 6.12. The monoisotopic (exact) mass is 282 g/mol. The van der Waals surface area contributed by atoms with Gasteiger partial charge < -0.3 is 10.2 Å². The largest absolute Gasteiger partial charge is 0.352 e. The number of amides is 2. The van der Waals surface area contributed by atoms with Crippen LogP contribution < -0.4 is 5.32 Å². The van der Waals surface area contributed by atoms with Gasteiger partial charge in [0.1, 0.15) is 5.38 Å². The highest BCUT2D eigenvalue weighted by molar-refractivity contribution is 6.30. The van der Waals surface area contributed by atoms with Crippen molar-refractivity contribution in [1.29, 1.82) is 0 Å². The first kappa shape index (κ1) is 15.5. The summed E-state index contributed by atoms with van der Waals surface area (Å²) in [5.74, 6) is -0.477. The Morgan fingerprint density at radius 1 is 1.26 bits per heavy atom. The van der Waals surface area contributed by atoms with E-state index in [1.54, 1.807) is 19.2 Å². The first-order chi connectivity index (χ1) is 8.91. The van der Waals surface area contributed by atoms with Crippen LogP contribution in [0.2, 0.25) is 0 Å². The maximum atomic E-state index is 12.1. The van der Waals surface area contributed by atoms with Gasteiger partial charge in [0.25, 0.3) is 0 Å². The molecule has 0 spiro atoms. The molecule has 0 saturated carbocycles. The molecule has 5 heteroatoms. The molecule has 1 aromatic carbocycles. The Labute approximate surface area is 118 Å². The second-order valence-electron chi connectivity index (χ2n) is 4.69. The predicted molar refractivity (Wildman–Crippen MR) is 76.0 cm³/mol. The van der Waals surface area contributed by atoms with Crippen LogP contribution in [0.1, 0.15) is 24.8 Å². The van der Waals surface area contributed by atoms with E-state index < -0.39 is 5.38 Å². The van der Waals surface area contributed by atoms with E-state index in [9.17, 15) is 9.59 Å². The van der Waals surface area contributed by atoms with Crippen molar-refractivity contribution < 1.29 is 9.59 Å². The van der Waals surface area contributed by atoms with Gasteiger partial charge in [-0.3, -0.25) is 9.59 Å². The summed E-state index contributed by atoms with van der Waals surface area (Å²) in [6.07, 6.45) is 0. The summed E-state index contributed by atoms with van der Waals surface area (Å²) in [4.78, 5) is 25.0. The molecule has 0 heterocycles. The molecule has 104 valence electrons. The number of halogens is 1. The lowest BCUT2D eigenvalue weighted by molar-refractivity contribution is -0.134. The standard InChI is InChI=1S/C14H19ClN2O2/c1-10(2)16-12(18)9-17(3)14(19)13(15)11-7-5-4-6-8-11/h4-8,10,13H,9H2,1-3H3,(H,16,18). The molecule has 1 N–H and O–H groups in total. The molecule has 0 bridgehead atoms. The molecular formula is C14H19ClN2O2. The van der Waals surface area contributed by atoms with Crippen LogP contribution in [0.15, 0.2) is 30.3 Å². The SMILES string of the molecule is CC(C)NC(=O)CN(C)C(=O)C(Cl)c1ccccc1. The molecule has 0 aliphatic rings. The smallest absolute Gasteiger partial charge is 0.245 e. The molecule has 1 rings (SSSR count). The third-order valence-electron chi connectivity index (χ3n) is 2.52. The maximum absolute atomic E-state index is 12.1. The van der Waals surface area contributed by atoms with Gasteiger partial charge in [0.05, 0.1) is 6.54 Å². The Kier molecular flexibility index (Phi) is 5.83. The molecule has 2 amide bonds. The van der Waals surface area contributed by atoms with E-state index >= 15 is 0 Å². The molecule has 0 radical (unpaired) electrons. The first-order valence-corrected chi connectivity index (χ1v) is 6.58. The number of rotatable bonds is 5. The lowest BCUT2D eigenvalue weighted by Gasteiger charge is -2.20. The fourth-order valence-electron chi connectivity index (χ4n) is 1.62. The quantitative estimate of drug-likeness (QED) is 0.839. The second kappa shape index (κ2) is 7.14. The summed E-state index contributed by atoms with van der Waals surface area (Å²) in [5, 5.41) is 1.97. The van der Waals surface area contributed by atoms with Crippen molar-refractivity contribution in [3.63, 3.8) is 0 Å². The van der Waals surface area contributed by atoms with E-state index in [1.807, 2.05) is 32.0 Å². The van der Waals surface area contributed by atoms with Crippen LogP contribution in [0.25, 0.3) is 0 Å². The summed E-state index contributed by atoms with van der Waals surface area (Å²) in [6, 6.07) is 9.14. The van der Waals surface area contributed by atoms with Crippen LogP contribution in [-0.4, -0.2) is 36.3 Å². The number of nitrogens with zero attached hydrogens (tertiary/aromatic N) is 1. The topological polar surface area (TPSA) is 49.4 Å². The van der Waals surface area contributed by atoms with E-state index in [1.165, 1.54) is 4.90 Å². The summed E-state index contributed by atoms with van der Waals surface area (Å²) in [6.45, 7) is 3.75. The molecule has 0 saturated heterocycles. The van der Waals surface area contributed by atoms with E-state index in [4.69, 9.17) is 11.6 Å². The van der Waals surface area contributed by atoms with E-state index in [2.05, 4.69) is 5.32 Å². The minimum Gasteiger partial charge on any atom is -0.352 e. The second-order valence-corrected chi connectivity index (χ2v) is 5.13. The van der Waals surface area contributed by atoms with Crippen molar-refractivity contribution in [2.45, 2.75) is 25.3 Å². The number of carbonyl (C=O) groups is 2. The fourth-order valence-corrected chi connectivity index (χ4v) is 1.93. The van der Waals surface area contributed by atoms with Crippen LogP contribution in [0.3, 0.4) is 0 Å². The minimum atomic E-state index is -0.766. The Bertz CT molecular complexity index is 434. The summed E-state index contributed by atoms with van der Waals surface area (Å²) in [7, 11) is 1.57. The highest BCUT2D eigenvalue weighted by Gasteiger charge is 2.22. The molecule has 1 atom stereocenters. The van der Waals surface area contributed by atoms with Crippen LogP contribution in [-0.2, 0) is 9.59 Å². The van der Waals surface area contributed by atoms with Crippen molar-refractivity contribution in [3.05, 3.63) is 35.9 Å². The lowest BCUT2D eigenvalue weighted by atomic mass is 10.1. The zero-order chi connectivity index (χ0) is 14.4. The zero-order valence-electron chi connectivity index (χ0n) is 11.4. The molecule has 1 aromatic rings. The molecule has 0 fully saturated rings. The molecule has 19 heavy (non-hydrogen) atoms.